The van der Waals surface area contributed by atoms with Crippen LogP contribution in [0.15, 0.2) is 58.8 Å². The summed E-state index contributed by atoms with van der Waals surface area (Å²) in [5.74, 6) is 0.0194. The molecule has 0 atom stereocenters. The summed E-state index contributed by atoms with van der Waals surface area (Å²) in [6.45, 7) is 1.80. The van der Waals surface area contributed by atoms with Gasteiger partial charge in [-0.1, -0.05) is 53.7 Å². The Labute approximate surface area is 148 Å². The molecule has 2 aromatic carbocycles. The van der Waals surface area contributed by atoms with Gasteiger partial charge in [0.25, 0.3) is 5.91 Å². The highest BCUT2D eigenvalue weighted by Crippen LogP contribution is 2.19. The second kappa shape index (κ2) is 7.51. The number of aromatic amines is 1. The van der Waals surface area contributed by atoms with Crippen LogP contribution in [0.4, 0.5) is 0 Å². The number of H-pyrrole nitrogens is 1. The lowest BCUT2D eigenvalue weighted by Crippen LogP contribution is -2.21. The van der Waals surface area contributed by atoms with Crippen LogP contribution in [-0.4, -0.2) is 27.3 Å². The number of fused-ring (bicyclic) bond motifs is 1. The molecule has 3 rings (SSSR count). The number of para-hydroxylation sites is 2. The molecule has 1 heterocycles. The van der Waals surface area contributed by atoms with Gasteiger partial charge in [-0.05, 0) is 25.1 Å². The number of nitrogens with one attached hydrogen (secondary N) is 2. The molecule has 0 fully saturated rings. The maximum Gasteiger partial charge on any atom is 0.250 e. The second-order valence-electron chi connectivity index (χ2n) is 5.06. The van der Waals surface area contributed by atoms with Gasteiger partial charge in [0.05, 0.1) is 22.5 Å². The standard InChI is InChI=1S/C17H15ClN4OS/c1-11(12-6-2-3-7-13(12)18)21-22-16(23)10-24-17-19-14-8-4-5-9-15(14)20-17/h2-9H,10H2,1H3,(H,19,20)(H,22,23)/b21-11-. The van der Waals surface area contributed by atoms with E-state index in [-0.39, 0.29) is 11.7 Å². The molecule has 0 aliphatic rings. The fourth-order valence-corrected chi connectivity index (χ4v) is 3.07. The Bertz CT molecular complexity index is 873. The highest BCUT2D eigenvalue weighted by atomic mass is 35.5. The number of hydrazone groups is 1. The van der Waals surface area contributed by atoms with Crippen LogP contribution in [0.25, 0.3) is 11.0 Å². The van der Waals surface area contributed by atoms with E-state index in [0.717, 1.165) is 16.6 Å². The Morgan fingerprint density at radius 2 is 2.00 bits per heavy atom. The summed E-state index contributed by atoms with van der Waals surface area (Å²) in [4.78, 5) is 19.5. The molecule has 0 bridgehead atoms. The van der Waals surface area contributed by atoms with Crippen molar-refractivity contribution in [2.45, 2.75) is 12.1 Å². The van der Waals surface area contributed by atoms with E-state index in [0.29, 0.717) is 15.9 Å². The predicted octanol–water partition coefficient (Wildman–Crippen LogP) is 3.85. The number of carbonyl (C=O) groups is 1. The number of imidazole rings is 1. The molecule has 1 aromatic heterocycles. The maximum atomic E-state index is 11.9. The first-order valence-corrected chi connectivity index (χ1v) is 8.65. The summed E-state index contributed by atoms with van der Waals surface area (Å²) in [7, 11) is 0. The van der Waals surface area contributed by atoms with Gasteiger partial charge in [0.1, 0.15) is 0 Å². The summed E-state index contributed by atoms with van der Waals surface area (Å²) < 4.78 is 0. The number of hydrogen-bond donors (Lipinski definition) is 2. The van der Waals surface area contributed by atoms with Crippen molar-refractivity contribution in [2.24, 2.45) is 5.10 Å². The maximum absolute atomic E-state index is 11.9. The van der Waals surface area contributed by atoms with E-state index in [2.05, 4.69) is 20.5 Å². The number of thioether (sulfide) groups is 1. The molecule has 0 radical (unpaired) electrons. The molecule has 3 aromatic rings. The number of nitrogens with zero attached hydrogens (tertiary/aromatic N) is 2. The van der Waals surface area contributed by atoms with Crippen molar-refractivity contribution in [3.05, 3.63) is 59.1 Å². The molecule has 2 N–H and O–H groups in total. The fraction of sp³-hybridized carbons (Fsp3) is 0.118. The van der Waals surface area contributed by atoms with E-state index in [1.807, 2.05) is 42.5 Å². The molecule has 0 spiro atoms. The van der Waals surface area contributed by atoms with Crippen LogP contribution in [0, 0.1) is 0 Å². The van der Waals surface area contributed by atoms with Crippen molar-refractivity contribution < 1.29 is 4.79 Å². The number of benzene rings is 2. The predicted molar refractivity (Wildman–Crippen MR) is 98.6 cm³/mol. The van der Waals surface area contributed by atoms with Crippen molar-refractivity contribution in [2.75, 3.05) is 5.75 Å². The number of aromatic nitrogens is 2. The minimum Gasteiger partial charge on any atom is -0.333 e. The number of halogens is 1. The zero-order chi connectivity index (χ0) is 16.9. The third kappa shape index (κ3) is 3.96. The second-order valence-corrected chi connectivity index (χ2v) is 6.43. The molecule has 0 saturated carbocycles. The number of carbonyl (C=O) groups excluding carboxylic acids is 1. The Kier molecular flexibility index (Phi) is 5.17. The number of amides is 1. The molecule has 122 valence electrons. The van der Waals surface area contributed by atoms with Gasteiger partial charge in [-0.2, -0.15) is 5.10 Å². The van der Waals surface area contributed by atoms with Crippen LogP contribution >= 0.6 is 23.4 Å². The molecule has 0 aliphatic heterocycles. The van der Waals surface area contributed by atoms with Crippen molar-refractivity contribution >= 4 is 46.0 Å². The lowest BCUT2D eigenvalue weighted by Gasteiger charge is -2.04. The van der Waals surface area contributed by atoms with E-state index in [1.54, 1.807) is 13.0 Å². The SMILES string of the molecule is C/C(=N/NC(=O)CSc1nc2ccccc2[nH]1)c1ccccc1Cl. The van der Waals surface area contributed by atoms with E-state index < -0.39 is 0 Å². The van der Waals surface area contributed by atoms with Gasteiger partial charge in [0, 0.05) is 10.6 Å². The van der Waals surface area contributed by atoms with E-state index in [9.17, 15) is 4.79 Å². The monoisotopic (exact) mass is 358 g/mol. The van der Waals surface area contributed by atoms with Crippen LogP contribution in [-0.2, 0) is 4.79 Å². The van der Waals surface area contributed by atoms with Crippen LogP contribution in [0.2, 0.25) is 5.02 Å². The Morgan fingerprint density at radius 3 is 2.79 bits per heavy atom. The average Bonchev–Trinajstić information content (AvgIpc) is 3.01. The van der Waals surface area contributed by atoms with Gasteiger partial charge in [-0.15, -0.1) is 0 Å². The van der Waals surface area contributed by atoms with Gasteiger partial charge in [0.15, 0.2) is 5.16 Å². The van der Waals surface area contributed by atoms with Crippen molar-refractivity contribution in [3.63, 3.8) is 0 Å². The molecule has 7 heteroatoms. The minimum atomic E-state index is -0.202. The molecule has 5 nitrogen and oxygen atoms in total. The molecule has 0 aliphatic carbocycles. The first kappa shape index (κ1) is 16.5. The molecule has 0 unspecified atom stereocenters. The molecule has 24 heavy (non-hydrogen) atoms. The summed E-state index contributed by atoms with van der Waals surface area (Å²) >= 11 is 7.44. The highest BCUT2D eigenvalue weighted by molar-refractivity contribution is 7.99. The normalized spacial score (nSPS) is 11.7. The van der Waals surface area contributed by atoms with Gasteiger partial charge < -0.3 is 4.98 Å². The van der Waals surface area contributed by atoms with Gasteiger partial charge in [-0.3, -0.25) is 4.79 Å². The average molecular weight is 359 g/mol. The third-order valence-electron chi connectivity index (χ3n) is 3.32. The van der Waals surface area contributed by atoms with Crippen LogP contribution in [0.1, 0.15) is 12.5 Å². The van der Waals surface area contributed by atoms with Crippen molar-refractivity contribution in [1.82, 2.24) is 15.4 Å². The topological polar surface area (TPSA) is 70.1 Å². The summed E-state index contributed by atoms with van der Waals surface area (Å²) in [5, 5.41) is 5.41. The third-order valence-corrected chi connectivity index (χ3v) is 4.52. The summed E-state index contributed by atoms with van der Waals surface area (Å²) in [6, 6.07) is 15.1. The van der Waals surface area contributed by atoms with Crippen LogP contribution in [0.3, 0.4) is 0 Å². The van der Waals surface area contributed by atoms with Crippen molar-refractivity contribution in [1.29, 1.82) is 0 Å². The summed E-state index contributed by atoms with van der Waals surface area (Å²) in [6.07, 6.45) is 0. The lowest BCUT2D eigenvalue weighted by atomic mass is 10.1. The first-order valence-electron chi connectivity index (χ1n) is 7.29. The van der Waals surface area contributed by atoms with Crippen LogP contribution in [0.5, 0.6) is 0 Å². The summed E-state index contributed by atoms with van der Waals surface area (Å²) in [5.41, 5.74) is 5.83. The molecule has 1 amide bonds. The smallest absolute Gasteiger partial charge is 0.250 e. The molecular formula is C17H15ClN4OS. The molecule has 0 saturated heterocycles. The largest absolute Gasteiger partial charge is 0.333 e. The van der Waals surface area contributed by atoms with Gasteiger partial charge >= 0.3 is 0 Å². The first-order chi connectivity index (χ1) is 11.6. The minimum absolute atomic E-state index is 0.202. The lowest BCUT2D eigenvalue weighted by molar-refractivity contribution is -0.118. The Balaban J connectivity index is 1.57. The zero-order valence-electron chi connectivity index (χ0n) is 12.9. The van der Waals surface area contributed by atoms with E-state index in [4.69, 9.17) is 11.6 Å². The quantitative estimate of drug-likeness (QED) is 0.413. The van der Waals surface area contributed by atoms with Gasteiger partial charge in [-0.25, -0.2) is 10.4 Å². The number of hydrogen-bond acceptors (Lipinski definition) is 4. The Morgan fingerprint density at radius 1 is 1.25 bits per heavy atom. The highest BCUT2D eigenvalue weighted by Gasteiger charge is 2.07. The number of rotatable bonds is 5. The fourth-order valence-electron chi connectivity index (χ4n) is 2.12. The van der Waals surface area contributed by atoms with E-state index >= 15 is 0 Å². The van der Waals surface area contributed by atoms with E-state index in [1.165, 1.54) is 11.8 Å². The zero-order valence-corrected chi connectivity index (χ0v) is 14.5. The van der Waals surface area contributed by atoms with Crippen molar-refractivity contribution in [3.8, 4) is 0 Å². The molecular weight excluding hydrogens is 344 g/mol. The van der Waals surface area contributed by atoms with Crippen LogP contribution < -0.4 is 5.43 Å². The van der Waals surface area contributed by atoms with Gasteiger partial charge in [0.2, 0.25) is 0 Å². The Hall–Kier alpha value is -2.31.